The number of hydrogen-bond acceptors (Lipinski definition) is 0. The van der Waals surface area contributed by atoms with Gasteiger partial charge in [0, 0.05) is 4.83 Å². The first kappa shape index (κ1) is 7.59. The van der Waals surface area contributed by atoms with E-state index in [1.165, 1.54) is 12.8 Å². The summed E-state index contributed by atoms with van der Waals surface area (Å²) >= 11 is 3.68. The SMILES string of the molecule is CC1C(Br)CCC1(C)C. The third-order valence-corrected chi connectivity index (χ3v) is 4.09. The van der Waals surface area contributed by atoms with Crippen LogP contribution in [0.4, 0.5) is 0 Å². The minimum Gasteiger partial charge on any atom is -0.0888 e. The van der Waals surface area contributed by atoms with Gasteiger partial charge in [0.2, 0.25) is 0 Å². The fourth-order valence-corrected chi connectivity index (χ4v) is 2.42. The van der Waals surface area contributed by atoms with Crippen molar-refractivity contribution in [1.29, 1.82) is 0 Å². The molecular weight excluding hydrogens is 176 g/mol. The molecule has 0 aromatic rings. The predicted octanol–water partition coefficient (Wildman–Crippen LogP) is 3.21. The average molecular weight is 191 g/mol. The Kier molecular flexibility index (Phi) is 1.91. The first-order valence-corrected chi connectivity index (χ1v) is 4.60. The summed E-state index contributed by atoms with van der Waals surface area (Å²) < 4.78 is 0. The molecule has 0 saturated heterocycles. The van der Waals surface area contributed by atoms with Crippen molar-refractivity contribution in [2.75, 3.05) is 0 Å². The Balaban J connectivity index is 2.62. The molecule has 1 fully saturated rings. The van der Waals surface area contributed by atoms with Crippen molar-refractivity contribution in [3.05, 3.63) is 0 Å². The third-order valence-electron chi connectivity index (χ3n) is 2.84. The lowest BCUT2D eigenvalue weighted by molar-refractivity contribution is 0.285. The van der Waals surface area contributed by atoms with Crippen LogP contribution >= 0.6 is 15.9 Å². The van der Waals surface area contributed by atoms with Crippen LogP contribution in [0.3, 0.4) is 0 Å². The monoisotopic (exact) mass is 190 g/mol. The molecule has 54 valence electrons. The molecule has 0 bridgehead atoms. The van der Waals surface area contributed by atoms with Gasteiger partial charge in [-0.1, -0.05) is 36.7 Å². The van der Waals surface area contributed by atoms with Gasteiger partial charge < -0.3 is 0 Å². The minimum atomic E-state index is 0.578. The van der Waals surface area contributed by atoms with E-state index >= 15 is 0 Å². The molecule has 0 amide bonds. The second-order valence-electron chi connectivity index (χ2n) is 3.83. The fourth-order valence-electron chi connectivity index (χ4n) is 1.48. The second-order valence-corrected chi connectivity index (χ2v) is 5.01. The third kappa shape index (κ3) is 1.31. The summed E-state index contributed by atoms with van der Waals surface area (Å²) in [5.41, 5.74) is 0.578. The first-order chi connectivity index (χ1) is 4.04. The quantitative estimate of drug-likeness (QED) is 0.516. The van der Waals surface area contributed by atoms with Crippen LogP contribution in [0.1, 0.15) is 33.6 Å². The maximum Gasteiger partial charge on any atom is 0.0176 e. The maximum atomic E-state index is 3.68. The van der Waals surface area contributed by atoms with Crippen molar-refractivity contribution in [2.45, 2.75) is 38.4 Å². The van der Waals surface area contributed by atoms with E-state index in [2.05, 4.69) is 36.7 Å². The molecule has 1 aliphatic carbocycles. The van der Waals surface area contributed by atoms with Crippen molar-refractivity contribution in [1.82, 2.24) is 0 Å². The lowest BCUT2D eigenvalue weighted by Crippen LogP contribution is -2.18. The van der Waals surface area contributed by atoms with Gasteiger partial charge in [0.15, 0.2) is 0 Å². The Morgan fingerprint density at radius 3 is 2.11 bits per heavy atom. The number of hydrogen-bond donors (Lipinski definition) is 0. The topological polar surface area (TPSA) is 0 Å². The number of halogens is 1. The van der Waals surface area contributed by atoms with Gasteiger partial charge in [0.05, 0.1) is 0 Å². The average Bonchev–Trinajstić information content (AvgIpc) is 1.97. The van der Waals surface area contributed by atoms with Crippen molar-refractivity contribution < 1.29 is 0 Å². The molecule has 2 atom stereocenters. The Hall–Kier alpha value is 0.480. The number of alkyl halides is 1. The highest BCUT2D eigenvalue weighted by Gasteiger charge is 2.36. The summed E-state index contributed by atoms with van der Waals surface area (Å²) in [5, 5.41) is 0. The molecule has 0 aromatic carbocycles. The maximum absolute atomic E-state index is 3.68. The smallest absolute Gasteiger partial charge is 0.0176 e. The standard InChI is InChI=1S/C8H15Br/c1-6-7(9)4-5-8(6,2)3/h6-7H,4-5H2,1-3H3. The number of rotatable bonds is 0. The van der Waals surface area contributed by atoms with E-state index in [1.807, 2.05) is 0 Å². The highest BCUT2D eigenvalue weighted by atomic mass is 79.9. The van der Waals surface area contributed by atoms with Gasteiger partial charge in [-0.05, 0) is 24.2 Å². The molecule has 9 heavy (non-hydrogen) atoms. The summed E-state index contributed by atoms with van der Waals surface area (Å²) in [4.78, 5) is 0.771. The van der Waals surface area contributed by atoms with Crippen molar-refractivity contribution in [3.8, 4) is 0 Å². The van der Waals surface area contributed by atoms with Crippen LogP contribution in [0.2, 0.25) is 0 Å². The molecule has 0 nitrogen and oxygen atoms in total. The summed E-state index contributed by atoms with van der Waals surface area (Å²) in [6, 6.07) is 0. The van der Waals surface area contributed by atoms with Crippen LogP contribution in [0.25, 0.3) is 0 Å². The molecule has 1 saturated carbocycles. The highest BCUT2D eigenvalue weighted by Crippen LogP contribution is 2.45. The van der Waals surface area contributed by atoms with Crippen LogP contribution in [0.5, 0.6) is 0 Å². The molecule has 0 spiro atoms. The van der Waals surface area contributed by atoms with Gasteiger partial charge in [-0.15, -0.1) is 0 Å². The Bertz CT molecular complexity index is 107. The Morgan fingerprint density at radius 1 is 1.44 bits per heavy atom. The van der Waals surface area contributed by atoms with E-state index in [4.69, 9.17) is 0 Å². The zero-order chi connectivity index (χ0) is 7.07. The largest absolute Gasteiger partial charge is 0.0888 e. The van der Waals surface area contributed by atoms with Gasteiger partial charge in [-0.25, -0.2) is 0 Å². The summed E-state index contributed by atoms with van der Waals surface area (Å²) in [7, 11) is 0. The van der Waals surface area contributed by atoms with Gasteiger partial charge in [0.1, 0.15) is 0 Å². The van der Waals surface area contributed by atoms with Gasteiger partial charge in [-0.2, -0.15) is 0 Å². The molecule has 1 aliphatic rings. The Morgan fingerprint density at radius 2 is 2.00 bits per heavy atom. The minimum absolute atomic E-state index is 0.578. The molecule has 0 N–H and O–H groups in total. The van der Waals surface area contributed by atoms with Gasteiger partial charge >= 0.3 is 0 Å². The second kappa shape index (κ2) is 2.26. The van der Waals surface area contributed by atoms with E-state index < -0.39 is 0 Å². The molecule has 1 rings (SSSR count). The van der Waals surface area contributed by atoms with Crippen LogP contribution in [-0.2, 0) is 0 Å². The normalized spacial score (nSPS) is 41.3. The molecular formula is C8H15Br. The van der Waals surface area contributed by atoms with Gasteiger partial charge in [-0.3, -0.25) is 0 Å². The molecule has 2 unspecified atom stereocenters. The lowest BCUT2D eigenvalue weighted by Gasteiger charge is -2.24. The van der Waals surface area contributed by atoms with Gasteiger partial charge in [0.25, 0.3) is 0 Å². The predicted molar refractivity (Wildman–Crippen MR) is 44.9 cm³/mol. The Labute approximate surface area is 66.2 Å². The summed E-state index contributed by atoms with van der Waals surface area (Å²) in [6.45, 7) is 7.06. The van der Waals surface area contributed by atoms with Crippen LogP contribution in [0, 0.1) is 11.3 Å². The van der Waals surface area contributed by atoms with E-state index in [0.717, 1.165) is 10.7 Å². The molecule has 1 heteroatoms. The van der Waals surface area contributed by atoms with Crippen LogP contribution < -0.4 is 0 Å². The zero-order valence-corrected chi connectivity index (χ0v) is 8.03. The van der Waals surface area contributed by atoms with Crippen molar-refractivity contribution in [2.24, 2.45) is 11.3 Å². The zero-order valence-electron chi connectivity index (χ0n) is 6.45. The lowest BCUT2D eigenvalue weighted by atomic mass is 9.83. The molecule has 0 aliphatic heterocycles. The molecule has 0 aromatic heterocycles. The molecule has 0 radical (unpaired) electrons. The van der Waals surface area contributed by atoms with E-state index in [0.29, 0.717) is 5.41 Å². The first-order valence-electron chi connectivity index (χ1n) is 3.68. The van der Waals surface area contributed by atoms with E-state index in [9.17, 15) is 0 Å². The van der Waals surface area contributed by atoms with E-state index in [1.54, 1.807) is 0 Å². The van der Waals surface area contributed by atoms with E-state index in [-0.39, 0.29) is 0 Å². The van der Waals surface area contributed by atoms with Crippen molar-refractivity contribution >= 4 is 15.9 Å². The van der Waals surface area contributed by atoms with Crippen LogP contribution in [0.15, 0.2) is 0 Å². The van der Waals surface area contributed by atoms with Crippen molar-refractivity contribution in [3.63, 3.8) is 0 Å². The van der Waals surface area contributed by atoms with Crippen LogP contribution in [-0.4, -0.2) is 4.83 Å². The molecule has 0 heterocycles. The summed E-state index contributed by atoms with van der Waals surface area (Å²) in [6.07, 6.45) is 2.73. The summed E-state index contributed by atoms with van der Waals surface area (Å²) in [5.74, 6) is 0.845. The highest BCUT2D eigenvalue weighted by molar-refractivity contribution is 9.09. The fraction of sp³-hybridized carbons (Fsp3) is 1.00.